The van der Waals surface area contributed by atoms with E-state index in [9.17, 15) is 0 Å². The molecule has 2 aliphatic carbocycles. The second kappa shape index (κ2) is 6.52. The van der Waals surface area contributed by atoms with Crippen LogP contribution in [0, 0.1) is 0 Å². The second-order valence-corrected chi connectivity index (χ2v) is 7.16. The number of H-pyrrole nitrogens is 1. The SMILES string of the molecule is C=CCOc1ccc(C2CCCc3c2[nH]c2c3CC(Cl)C=C2)cc1. The van der Waals surface area contributed by atoms with Gasteiger partial charge in [-0.15, -0.1) is 11.6 Å². The van der Waals surface area contributed by atoms with Gasteiger partial charge in [-0.2, -0.15) is 0 Å². The smallest absolute Gasteiger partial charge is 0.119 e. The zero-order valence-electron chi connectivity index (χ0n) is 13.7. The number of nitrogens with one attached hydrogen (secondary N) is 1. The number of alkyl halides is 1. The fourth-order valence-electron chi connectivity index (χ4n) is 3.96. The molecule has 0 radical (unpaired) electrons. The minimum atomic E-state index is 0.124. The summed E-state index contributed by atoms with van der Waals surface area (Å²) in [4.78, 5) is 3.68. The maximum atomic E-state index is 6.33. The zero-order chi connectivity index (χ0) is 16.5. The van der Waals surface area contributed by atoms with Crippen molar-refractivity contribution in [3.8, 4) is 5.75 Å². The van der Waals surface area contributed by atoms with Gasteiger partial charge in [0.15, 0.2) is 0 Å². The van der Waals surface area contributed by atoms with Gasteiger partial charge in [0, 0.05) is 17.3 Å². The van der Waals surface area contributed by atoms with Crippen LogP contribution in [-0.2, 0) is 12.8 Å². The lowest BCUT2D eigenvalue weighted by Gasteiger charge is -2.24. The molecule has 0 saturated heterocycles. The van der Waals surface area contributed by atoms with Crippen LogP contribution in [0.3, 0.4) is 0 Å². The molecule has 2 aliphatic rings. The predicted octanol–water partition coefficient (Wildman–Crippen LogP) is 5.22. The third-order valence-corrected chi connectivity index (χ3v) is 5.37. The van der Waals surface area contributed by atoms with Crippen molar-refractivity contribution >= 4 is 17.7 Å². The Morgan fingerprint density at radius 3 is 2.88 bits per heavy atom. The molecule has 1 heterocycles. The monoisotopic (exact) mass is 339 g/mol. The highest BCUT2D eigenvalue weighted by atomic mass is 35.5. The molecule has 0 bridgehead atoms. The zero-order valence-corrected chi connectivity index (χ0v) is 14.5. The number of rotatable bonds is 4. The minimum absolute atomic E-state index is 0.124. The van der Waals surface area contributed by atoms with E-state index in [4.69, 9.17) is 16.3 Å². The van der Waals surface area contributed by atoms with Crippen LogP contribution in [-0.4, -0.2) is 17.0 Å². The molecule has 1 aromatic heterocycles. The van der Waals surface area contributed by atoms with Gasteiger partial charge in [-0.3, -0.25) is 0 Å². The molecule has 2 nitrogen and oxygen atoms in total. The molecule has 0 amide bonds. The number of fused-ring (bicyclic) bond motifs is 3. The van der Waals surface area contributed by atoms with Crippen LogP contribution >= 0.6 is 11.6 Å². The molecule has 0 spiro atoms. The van der Waals surface area contributed by atoms with Crippen molar-refractivity contribution in [1.29, 1.82) is 0 Å². The van der Waals surface area contributed by atoms with Crippen molar-refractivity contribution in [2.75, 3.05) is 6.61 Å². The maximum Gasteiger partial charge on any atom is 0.119 e. The summed E-state index contributed by atoms with van der Waals surface area (Å²) in [7, 11) is 0. The fraction of sp³-hybridized carbons (Fsp3) is 0.333. The molecule has 2 atom stereocenters. The molecule has 2 unspecified atom stereocenters. The molecule has 24 heavy (non-hydrogen) atoms. The minimum Gasteiger partial charge on any atom is -0.490 e. The molecule has 4 rings (SSSR count). The van der Waals surface area contributed by atoms with E-state index in [2.05, 4.69) is 48.0 Å². The Labute approximate surface area is 148 Å². The van der Waals surface area contributed by atoms with E-state index in [1.165, 1.54) is 40.9 Å². The summed E-state index contributed by atoms with van der Waals surface area (Å²) < 4.78 is 5.60. The van der Waals surface area contributed by atoms with Crippen LogP contribution in [0.4, 0.5) is 0 Å². The Morgan fingerprint density at radius 1 is 1.25 bits per heavy atom. The Morgan fingerprint density at radius 2 is 2.08 bits per heavy atom. The largest absolute Gasteiger partial charge is 0.490 e. The quantitative estimate of drug-likeness (QED) is 0.599. The molecule has 124 valence electrons. The number of hydrogen-bond donors (Lipinski definition) is 1. The number of allylic oxidation sites excluding steroid dienone is 1. The standard InChI is InChI=1S/C21H22ClNO/c1-2-12-24-16-9-6-14(7-10-16)17-4-3-5-18-19-13-15(22)8-11-20(19)23-21(17)18/h2,6-11,15,17,23H,1,3-5,12-13H2. The number of benzene rings is 1. The van der Waals surface area contributed by atoms with E-state index in [1.54, 1.807) is 6.08 Å². The average molecular weight is 340 g/mol. The molecule has 1 aromatic carbocycles. The van der Waals surface area contributed by atoms with E-state index in [0.29, 0.717) is 12.5 Å². The molecular formula is C21H22ClNO. The highest BCUT2D eigenvalue weighted by molar-refractivity contribution is 6.22. The van der Waals surface area contributed by atoms with Gasteiger partial charge in [0.2, 0.25) is 0 Å². The number of ether oxygens (including phenoxy) is 1. The lowest BCUT2D eigenvalue weighted by Crippen LogP contribution is -2.12. The predicted molar refractivity (Wildman–Crippen MR) is 100 cm³/mol. The van der Waals surface area contributed by atoms with E-state index in [1.807, 2.05) is 0 Å². The lowest BCUT2D eigenvalue weighted by molar-refractivity contribution is 0.363. The third kappa shape index (κ3) is 2.80. The Balaban J connectivity index is 1.65. The van der Waals surface area contributed by atoms with E-state index < -0.39 is 0 Å². The summed E-state index contributed by atoms with van der Waals surface area (Å²) in [6.45, 7) is 4.23. The van der Waals surface area contributed by atoms with E-state index in [0.717, 1.165) is 18.6 Å². The fourth-order valence-corrected chi connectivity index (χ4v) is 4.18. The van der Waals surface area contributed by atoms with Crippen molar-refractivity contribution in [2.45, 2.75) is 37.0 Å². The summed E-state index contributed by atoms with van der Waals surface area (Å²) >= 11 is 6.33. The molecule has 0 saturated carbocycles. The van der Waals surface area contributed by atoms with Gasteiger partial charge in [0.25, 0.3) is 0 Å². The van der Waals surface area contributed by atoms with Gasteiger partial charge in [0.1, 0.15) is 12.4 Å². The van der Waals surface area contributed by atoms with Crippen LogP contribution in [0.15, 0.2) is 43.0 Å². The molecule has 2 aromatic rings. The van der Waals surface area contributed by atoms with Crippen molar-refractivity contribution in [2.24, 2.45) is 0 Å². The Hall–Kier alpha value is -1.93. The van der Waals surface area contributed by atoms with Crippen molar-refractivity contribution in [3.05, 3.63) is 71.1 Å². The first-order chi connectivity index (χ1) is 11.8. The lowest BCUT2D eigenvalue weighted by atomic mass is 9.81. The third-order valence-electron chi connectivity index (χ3n) is 5.07. The summed E-state index contributed by atoms with van der Waals surface area (Å²) in [5, 5.41) is 0.124. The first-order valence-electron chi connectivity index (χ1n) is 8.66. The number of aromatic nitrogens is 1. The van der Waals surface area contributed by atoms with Gasteiger partial charge in [0.05, 0.1) is 5.38 Å². The van der Waals surface area contributed by atoms with Gasteiger partial charge >= 0.3 is 0 Å². The first-order valence-corrected chi connectivity index (χ1v) is 9.09. The second-order valence-electron chi connectivity index (χ2n) is 6.60. The molecule has 3 heteroatoms. The first kappa shape index (κ1) is 15.6. The van der Waals surface area contributed by atoms with Crippen LogP contribution < -0.4 is 4.74 Å². The summed E-state index contributed by atoms with van der Waals surface area (Å²) in [6, 6.07) is 8.51. The Kier molecular flexibility index (Phi) is 4.24. The van der Waals surface area contributed by atoms with Crippen LogP contribution in [0.25, 0.3) is 6.08 Å². The molecular weight excluding hydrogens is 318 g/mol. The summed E-state index contributed by atoms with van der Waals surface area (Å²) in [5.41, 5.74) is 6.94. The van der Waals surface area contributed by atoms with Crippen molar-refractivity contribution in [3.63, 3.8) is 0 Å². The number of hydrogen-bond acceptors (Lipinski definition) is 1. The average Bonchev–Trinajstić information content (AvgIpc) is 2.98. The number of halogens is 1. The topological polar surface area (TPSA) is 25.0 Å². The van der Waals surface area contributed by atoms with E-state index >= 15 is 0 Å². The van der Waals surface area contributed by atoms with Gasteiger partial charge in [-0.05, 0) is 60.6 Å². The summed E-state index contributed by atoms with van der Waals surface area (Å²) in [5.74, 6) is 1.34. The van der Waals surface area contributed by atoms with E-state index in [-0.39, 0.29) is 5.38 Å². The van der Waals surface area contributed by atoms with Crippen LogP contribution in [0.2, 0.25) is 0 Å². The van der Waals surface area contributed by atoms with Crippen LogP contribution in [0.5, 0.6) is 5.75 Å². The highest BCUT2D eigenvalue weighted by Gasteiger charge is 2.29. The maximum absolute atomic E-state index is 6.33. The molecule has 0 fully saturated rings. The van der Waals surface area contributed by atoms with Gasteiger partial charge < -0.3 is 9.72 Å². The van der Waals surface area contributed by atoms with Gasteiger partial charge in [-0.1, -0.05) is 30.9 Å². The van der Waals surface area contributed by atoms with Crippen molar-refractivity contribution < 1.29 is 4.74 Å². The van der Waals surface area contributed by atoms with Crippen molar-refractivity contribution in [1.82, 2.24) is 4.98 Å². The molecule has 0 aliphatic heterocycles. The van der Waals surface area contributed by atoms with Crippen LogP contribution in [0.1, 0.15) is 46.8 Å². The van der Waals surface area contributed by atoms with Gasteiger partial charge in [-0.25, -0.2) is 0 Å². The Bertz CT molecular complexity index is 772. The highest BCUT2D eigenvalue weighted by Crippen LogP contribution is 2.41. The number of aromatic amines is 1. The molecule has 1 N–H and O–H groups in total. The summed E-state index contributed by atoms with van der Waals surface area (Å²) in [6.07, 6.45) is 10.5. The normalized spacial score (nSPS) is 21.9.